The van der Waals surface area contributed by atoms with E-state index >= 15 is 0 Å². The van der Waals surface area contributed by atoms with Crippen molar-refractivity contribution in [2.45, 2.75) is 0 Å². The van der Waals surface area contributed by atoms with Crippen molar-refractivity contribution in [3.63, 3.8) is 0 Å². The number of nitrogens with one attached hydrogen (secondary N) is 3. The lowest BCUT2D eigenvalue weighted by Gasteiger charge is -2.14. The quantitative estimate of drug-likeness (QED) is 0.724. The van der Waals surface area contributed by atoms with Gasteiger partial charge in [0.25, 0.3) is 11.8 Å². The summed E-state index contributed by atoms with van der Waals surface area (Å²) in [6, 6.07) is 10.6. The summed E-state index contributed by atoms with van der Waals surface area (Å²) in [6.45, 7) is 0.229. The summed E-state index contributed by atoms with van der Waals surface area (Å²) in [7, 11) is 1.74. The molecule has 8 heteroatoms. The first kappa shape index (κ1) is 17.9. The molecule has 1 unspecified atom stereocenters. The maximum Gasteiger partial charge on any atom is 0.280 e. The summed E-state index contributed by atoms with van der Waals surface area (Å²) >= 11 is 7.28. The normalized spacial score (nSPS) is 11.4. The monoisotopic (exact) mass is 363 g/mol. The Labute approximate surface area is 148 Å². The van der Waals surface area contributed by atoms with Gasteiger partial charge < -0.3 is 15.5 Å². The van der Waals surface area contributed by atoms with Gasteiger partial charge in [0.1, 0.15) is 11.1 Å². The number of rotatable bonds is 6. The molecule has 3 N–H and O–H groups in total. The van der Waals surface area contributed by atoms with Crippen molar-refractivity contribution >= 4 is 45.4 Å². The van der Waals surface area contributed by atoms with Crippen molar-refractivity contribution in [2.75, 3.05) is 30.8 Å². The van der Waals surface area contributed by atoms with Gasteiger partial charge in [-0.25, -0.2) is 0 Å². The minimum Gasteiger partial charge on any atom is -0.322 e. The van der Waals surface area contributed by atoms with E-state index in [4.69, 9.17) is 16.9 Å². The molecule has 2 amide bonds. The number of likely N-dealkylation sites (N-methyl/N-ethyl adjacent to an activating group) is 1. The third kappa shape index (κ3) is 5.06. The zero-order valence-electron chi connectivity index (χ0n) is 12.9. The van der Waals surface area contributed by atoms with Gasteiger partial charge in [-0.1, -0.05) is 23.7 Å². The van der Waals surface area contributed by atoms with Crippen molar-refractivity contribution in [1.29, 1.82) is 5.26 Å². The summed E-state index contributed by atoms with van der Waals surface area (Å²) < 4.78 is 0. The van der Waals surface area contributed by atoms with Crippen LogP contribution in [0.25, 0.3) is 0 Å². The Morgan fingerprint density at radius 2 is 1.88 bits per heavy atom. The maximum atomic E-state index is 12.0. The molecule has 0 fully saturated rings. The van der Waals surface area contributed by atoms with Crippen LogP contribution in [0.15, 0.2) is 35.7 Å². The number of nitriles is 1. The van der Waals surface area contributed by atoms with Gasteiger partial charge in [0.05, 0.1) is 23.3 Å². The molecule has 124 valence electrons. The average Bonchev–Trinajstić information content (AvgIpc) is 2.96. The fraction of sp³-hybridized carbons (Fsp3) is 0.188. The van der Waals surface area contributed by atoms with Crippen LogP contribution in [0.2, 0.25) is 5.02 Å². The molecule has 1 aromatic carbocycles. The summed E-state index contributed by atoms with van der Waals surface area (Å²) in [5.41, 5.74) is 0.973. The molecule has 1 atom stereocenters. The van der Waals surface area contributed by atoms with Gasteiger partial charge in [-0.3, -0.25) is 9.59 Å². The highest BCUT2D eigenvalue weighted by Gasteiger charge is 2.16. The highest BCUT2D eigenvalue weighted by molar-refractivity contribution is 7.14. The fourth-order valence-electron chi connectivity index (χ4n) is 2.03. The highest BCUT2D eigenvalue weighted by atomic mass is 35.5. The number of quaternary nitrogens is 1. The molecule has 24 heavy (non-hydrogen) atoms. The average molecular weight is 364 g/mol. The first-order chi connectivity index (χ1) is 11.5. The van der Waals surface area contributed by atoms with Crippen LogP contribution in [0.1, 0.15) is 5.56 Å². The van der Waals surface area contributed by atoms with Crippen LogP contribution in [0.5, 0.6) is 0 Å². The Bertz CT molecular complexity index is 766. The number of halogens is 1. The Morgan fingerprint density at radius 1 is 1.21 bits per heavy atom. The van der Waals surface area contributed by atoms with E-state index in [9.17, 15) is 9.59 Å². The van der Waals surface area contributed by atoms with Crippen molar-refractivity contribution < 1.29 is 14.5 Å². The van der Waals surface area contributed by atoms with E-state index in [0.717, 1.165) is 0 Å². The van der Waals surface area contributed by atoms with Crippen LogP contribution in [0.4, 0.5) is 10.7 Å². The molecule has 6 nitrogen and oxygen atoms in total. The van der Waals surface area contributed by atoms with Crippen LogP contribution in [0, 0.1) is 11.3 Å². The second kappa shape index (κ2) is 8.45. The van der Waals surface area contributed by atoms with Gasteiger partial charge in [-0.05, 0) is 23.6 Å². The van der Waals surface area contributed by atoms with Crippen LogP contribution in [-0.4, -0.2) is 32.0 Å². The number of benzene rings is 1. The number of para-hydroxylation sites is 1. The predicted octanol–water partition coefficient (Wildman–Crippen LogP) is 1.37. The molecule has 0 radical (unpaired) electrons. The number of carbonyl (C=O) groups is 2. The van der Waals surface area contributed by atoms with Crippen molar-refractivity contribution in [3.8, 4) is 6.07 Å². The highest BCUT2D eigenvalue weighted by Crippen LogP contribution is 2.21. The first-order valence-electron chi connectivity index (χ1n) is 7.12. The topological polar surface area (TPSA) is 86.4 Å². The van der Waals surface area contributed by atoms with Crippen molar-refractivity contribution in [2.24, 2.45) is 0 Å². The number of anilines is 2. The van der Waals surface area contributed by atoms with Crippen LogP contribution >= 0.6 is 22.9 Å². The minimum atomic E-state index is -0.253. The number of hydrogen-bond acceptors (Lipinski definition) is 4. The standard InChI is InChI=1S/C16H15ClN4O2S/c1-21(9-14(22)19-13-5-3-2-4-12(13)17)10-15(23)20-16-11(8-18)6-7-24-16/h2-7H,9-10H2,1H3,(H,19,22)(H,20,23)/p+1. The van der Waals surface area contributed by atoms with Gasteiger partial charge >= 0.3 is 0 Å². The molecule has 0 aliphatic carbocycles. The van der Waals surface area contributed by atoms with E-state index in [0.29, 0.717) is 26.2 Å². The third-order valence-corrected chi connectivity index (χ3v) is 4.27. The molecule has 0 bridgehead atoms. The molecule has 0 saturated carbocycles. The van der Waals surface area contributed by atoms with Crippen LogP contribution in [0.3, 0.4) is 0 Å². The molecule has 1 heterocycles. The Morgan fingerprint density at radius 3 is 2.54 bits per heavy atom. The number of nitrogens with zero attached hydrogens (tertiary/aromatic N) is 1. The van der Waals surface area contributed by atoms with Crippen LogP contribution in [-0.2, 0) is 9.59 Å². The van der Waals surface area contributed by atoms with Gasteiger partial charge in [0.2, 0.25) is 0 Å². The number of carbonyl (C=O) groups excluding carboxylic acids is 2. The molecule has 1 aromatic heterocycles. The second-order valence-corrected chi connectivity index (χ2v) is 6.49. The smallest absolute Gasteiger partial charge is 0.280 e. The lowest BCUT2D eigenvalue weighted by molar-refractivity contribution is -0.862. The largest absolute Gasteiger partial charge is 0.322 e. The SMILES string of the molecule is C[NH+](CC(=O)Nc1ccccc1Cl)CC(=O)Nc1sccc1C#N. The minimum absolute atomic E-state index is 0.110. The summed E-state index contributed by atoms with van der Waals surface area (Å²) in [5.74, 6) is -0.487. The zero-order valence-corrected chi connectivity index (χ0v) is 14.5. The van der Waals surface area contributed by atoms with Gasteiger partial charge in [0, 0.05) is 0 Å². The van der Waals surface area contributed by atoms with E-state index < -0.39 is 0 Å². The number of amides is 2. The zero-order chi connectivity index (χ0) is 17.5. The summed E-state index contributed by atoms with van der Waals surface area (Å²) in [5, 5.41) is 17.0. The van der Waals surface area contributed by atoms with Crippen molar-refractivity contribution in [3.05, 3.63) is 46.3 Å². The molecule has 0 saturated heterocycles. The van der Waals surface area contributed by atoms with E-state index in [-0.39, 0.29) is 24.9 Å². The molecular formula is C16H16ClN4O2S+. The Balaban J connectivity index is 1.83. The lowest BCUT2D eigenvalue weighted by atomic mass is 10.3. The van der Waals surface area contributed by atoms with E-state index in [2.05, 4.69) is 10.6 Å². The summed E-state index contributed by atoms with van der Waals surface area (Å²) in [4.78, 5) is 24.7. The molecule has 0 aliphatic rings. The number of thiophene rings is 1. The molecule has 0 spiro atoms. The molecule has 2 aromatic rings. The molecular weight excluding hydrogens is 348 g/mol. The second-order valence-electron chi connectivity index (χ2n) is 5.16. The fourth-order valence-corrected chi connectivity index (χ4v) is 2.97. The molecule has 2 rings (SSSR count). The van der Waals surface area contributed by atoms with Gasteiger partial charge in [0.15, 0.2) is 13.1 Å². The van der Waals surface area contributed by atoms with Crippen LogP contribution < -0.4 is 15.5 Å². The Hall–Kier alpha value is -2.40. The van der Waals surface area contributed by atoms with Gasteiger partial charge in [-0.2, -0.15) is 5.26 Å². The van der Waals surface area contributed by atoms with E-state index in [1.54, 1.807) is 42.8 Å². The molecule has 0 aliphatic heterocycles. The van der Waals surface area contributed by atoms with Crippen molar-refractivity contribution in [1.82, 2.24) is 0 Å². The number of hydrogen-bond donors (Lipinski definition) is 3. The van der Waals surface area contributed by atoms with E-state index in [1.807, 2.05) is 6.07 Å². The van der Waals surface area contributed by atoms with E-state index in [1.165, 1.54) is 11.3 Å². The summed E-state index contributed by atoms with van der Waals surface area (Å²) in [6.07, 6.45) is 0. The lowest BCUT2D eigenvalue weighted by Crippen LogP contribution is -3.11. The van der Waals surface area contributed by atoms with Gasteiger partial charge in [-0.15, -0.1) is 11.3 Å². The Kier molecular flexibility index (Phi) is 6.32. The first-order valence-corrected chi connectivity index (χ1v) is 8.38. The third-order valence-electron chi connectivity index (χ3n) is 3.11. The maximum absolute atomic E-state index is 12.0. The predicted molar refractivity (Wildman–Crippen MR) is 94.4 cm³/mol.